The van der Waals surface area contributed by atoms with Gasteiger partial charge in [0.05, 0.1) is 0 Å². The largest absolute Gasteiger partial charge is 0.421 e. The van der Waals surface area contributed by atoms with Crippen LogP contribution in [0.5, 0.6) is 0 Å². The maximum atomic E-state index is 5.64. The lowest BCUT2D eigenvalue weighted by atomic mass is 10.1. The Morgan fingerprint density at radius 3 is 2.83 bits per heavy atom. The van der Waals surface area contributed by atoms with Gasteiger partial charge in [0.25, 0.3) is 0 Å². The Labute approximate surface area is 107 Å². The van der Waals surface area contributed by atoms with Gasteiger partial charge in [-0.05, 0) is 19.1 Å². The van der Waals surface area contributed by atoms with E-state index in [9.17, 15) is 0 Å². The summed E-state index contributed by atoms with van der Waals surface area (Å²) in [7, 11) is 0. The van der Waals surface area contributed by atoms with Crippen LogP contribution in [-0.2, 0) is 6.42 Å². The quantitative estimate of drug-likeness (QED) is 0.879. The first-order chi connectivity index (χ1) is 8.65. The molecule has 0 fully saturated rings. The predicted octanol–water partition coefficient (Wildman–Crippen LogP) is 2.59. The lowest BCUT2D eigenvalue weighted by Crippen LogP contribution is -2.25. The molecule has 4 heteroatoms. The molecule has 0 atom stereocenters. The summed E-state index contributed by atoms with van der Waals surface area (Å²) in [4.78, 5) is 0. The summed E-state index contributed by atoms with van der Waals surface area (Å²) in [5.41, 5.74) is 2.17. The molecule has 1 aromatic carbocycles. The zero-order valence-electron chi connectivity index (χ0n) is 11.1. The Morgan fingerprint density at radius 1 is 1.28 bits per heavy atom. The van der Waals surface area contributed by atoms with Gasteiger partial charge < -0.3 is 9.73 Å². The van der Waals surface area contributed by atoms with E-state index in [2.05, 4.69) is 29.4 Å². The number of aryl methyl sites for hydroxylation is 1. The Hall–Kier alpha value is -1.68. The fraction of sp³-hybridized carbons (Fsp3) is 0.429. The van der Waals surface area contributed by atoms with Gasteiger partial charge in [0.2, 0.25) is 11.8 Å². The van der Waals surface area contributed by atoms with Crippen molar-refractivity contribution in [3.05, 3.63) is 35.7 Å². The van der Waals surface area contributed by atoms with E-state index in [0.29, 0.717) is 17.8 Å². The SMILES string of the molecule is Cc1cccc(-c2nnc(CCNC(C)C)o2)c1. The minimum absolute atomic E-state index is 0.476. The van der Waals surface area contributed by atoms with Gasteiger partial charge in [-0.15, -0.1) is 10.2 Å². The Morgan fingerprint density at radius 2 is 2.11 bits per heavy atom. The van der Waals surface area contributed by atoms with E-state index in [1.165, 1.54) is 5.56 Å². The molecule has 0 spiro atoms. The van der Waals surface area contributed by atoms with Gasteiger partial charge in [-0.3, -0.25) is 0 Å². The number of nitrogens with one attached hydrogen (secondary N) is 1. The van der Waals surface area contributed by atoms with E-state index in [1.54, 1.807) is 0 Å². The number of hydrogen-bond acceptors (Lipinski definition) is 4. The van der Waals surface area contributed by atoms with Crippen LogP contribution in [0.3, 0.4) is 0 Å². The third kappa shape index (κ3) is 3.40. The van der Waals surface area contributed by atoms with Crippen molar-refractivity contribution in [2.75, 3.05) is 6.54 Å². The molecular formula is C14H19N3O. The fourth-order valence-corrected chi connectivity index (χ4v) is 1.72. The molecule has 0 aliphatic rings. The summed E-state index contributed by atoms with van der Waals surface area (Å²) in [5, 5.41) is 11.5. The third-order valence-electron chi connectivity index (χ3n) is 2.62. The first-order valence-corrected chi connectivity index (χ1v) is 6.28. The molecule has 0 radical (unpaired) electrons. The van der Waals surface area contributed by atoms with Gasteiger partial charge in [-0.25, -0.2) is 0 Å². The van der Waals surface area contributed by atoms with Gasteiger partial charge in [0.15, 0.2) is 0 Å². The van der Waals surface area contributed by atoms with Crippen LogP contribution in [0.1, 0.15) is 25.3 Å². The summed E-state index contributed by atoms with van der Waals surface area (Å²) >= 11 is 0. The van der Waals surface area contributed by atoms with Crippen LogP contribution in [0.15, 0.2) is 28.7 Å². The van der Waals surface area contributed by atoms with Gasteiger partial charge in [0.1, 0.15) is 0 Å². The first-order valence-electron chi connectivity index (χ1n) is 6.28. The van der Waals surface area contributed by atoms with Crippen LogP contribution in [0, 0.1) is 6.92 Å². The van der Waals surface area contributed by atoms with Crippen molar-refractivity contribution in [1.82, 2.24) is 15.5 Å². The summed E-state index contributed by atoms with van der Waals surface area (Å²) in [6, 6.07) is 8.55. The topological polar surface area (TPSA) is 51.0 Å². The van der Waals surface area contributed by atoms with E-state index in [1.807, 2.05) is 31.2 Å². The molecule has 0 amide bonds. The highest BCUT2D eigenvalue weighted by atomic mass is 16.4. The van der Waals surface area contributed by atoms with Gasteiger partial charge >= 0.3 is 0 Å². The van der Waals surface area contributed by atoms with Crippen molar-refractivity contribution in [3.63, 3.8) is 0 Å². The van der Waals surface area contributed by atoms with Crippen LogP contribution in [-0.4, -0.2) is 22.8 Å². The van der Waals surface area contributed by atoms with Gasteiger partial charge in [0, 0.05) is 24.6 Å². The molecule has 0 bridgehead atoms. The number of nitrogens with zero attached hydrogens (tertiary/aromatic N) is 2. The summed E-state index contributed by atoms with van der Waals surface area (Å²) in [6.45, 7) is 7.14. The highest BCUT2D eigenvalue weighted by molar-refractivity contribution is 5.53. The number of aromatic nitrogens is 2. The third-order valence-corrected chi connectivity index (χ3v) is 2.62. The number of benzene rings is 1. The van der Waals surface area contributed by atoms with E-state index >= 15 is 0 Å². The molecular weight excluding hydrogens is 226 g/mol. The van der Waals surface area contributed by atoms with E-state index < -0.39 is 0 Å². The predicted molar refractivity (Wildman–Crippen MR) is 71.3 cm³/mol. The monoisotopic (exact) mass is 245 g/mol. The maximum Gasteiger partial charge on any atom is 0.247 e. The highest BCUT2D eigenvalue weighted by Crippen LogP contribution is 2.18. The lowest BCUT2D eigenvalue weighted by molar-refractivity contribution is 0.484. The van der Waals surface area contributed by atoms with Crippen molar-refractivity contribution in [1.29, 1.82) is 0 Å². The highest BCUT2D eigenvalue weighted by Gasteiger charge is 2.08. The summed E-state index contributed by atoms with van der Waals surface area (Å²) in [6.07, 6.45) is 0.761. The average Bonchev–Trinajstić information content (AvgIpc) is 2.77. The maximum absolute atomic E-state index is 5.64. The second-order valence-corrected chi connectivity index (χ2v) is 4.73. The molecule has 0 saturated heterocycles. The molecule has 0 aliphatic heterocycles. The van der Waals surface area contributed by atoms with Crippen molar-refractivity contribution < 1.29 is 4.42 Å². The van der Waals surface area contributed by atoms with E-state index in [0.717, 1.165) is 18.5 Å². The zero-order chi connectivity index (χ0) is 13.0. The first kappa shape index (κ1) is 12.8. The molecule has 2 rings (SSSR count). The molecule has 96 valence electrons. The molecule has 2 aromatic rings. The van der Waals surface area contributed by atoms with Crippen molar-refractivity contribution in [2.45, 2.75) is 33.2 Å². The summed E-state index contributed by atoms with van der Waals surface area (Å²) < 4.78 is 5.64. The molecule has 4 nitrogen and oxygen atoms in total. The Balaban J connectivity index is 2.02. The van der Waals surface area contributed by atoms with Crippen LogP contribution >= 0.6 is 0 Å². The molecule has 0 saturated carbocycles. The number of rotatable bonds is 5. The van der Waals surface area contributed by atoms with Gasteiger partial charge in [-0.1, -0.05) is 31.5 Å². The minimum atomic E-state index is 0.476. The molecule has 1 aromatic heterocycles. The van der Waals surface area contributed by atoms with Crippen molar-refractivity contribution >= 4 is 0 Å². The van der Waals surface area contributed by atoms with Crippen molar-refractivity contribution in [3.8, 4) is 11.5 Å². The standard InChI is InChI=1S/C14H19N3O/c1-10(2)15-8-7-13-16-17-14(18-13)12-6-4-5-11(3)9-12/h4-6,9-10,15H,7-8H2,1-3H3. The Bertz CT molecular complexity index is 505. The molecule has 0 unspecified atom stereocenters. The minimum Gasteiger partial charge on any atom is -0.421 e. The number of hydrogen-bond donors (Lipinski definition) is 1. The van der Waals surface area contributed by atoms with Crippen LogP contribution in [0.25, 0.3) is 11.5 Å². The Kier molecular flexibility index (Phi) is 4.10. The lowest BCUT2D eigenvalue weighted by Gasteiger charge is -2.04. The second kappa shape index (κ2) is 5.78. The molecule has 1 heterocycles. The molecule has 1 N–H and O–H groups in total. The van der Waals surface area contributed by atoms with Crippen LogP contribution < -0.4 is 5.32 Å². The molecule has 0 aliphatic carbocycles. The van der Waals surface area contributed by atoms with Crippen LogP contribution in [0.2, 0.25) is 0 Å². The van der Waals surface area contributed by atoms with Gasteiger partial charge in [-0.2, -0.15) is 0 Å². The molecule has 18 heavy (non-hydrogen) atoms. The normalized spacial score (nSPS) is 11.1. The van der Waals surface area contributed by atoms with Crippen molar-refractivity contribution in [2.24, 2.45) is 0 Å². The average molecular weight is 245 g/mol. The smallest absolute Gasteiger partial charge is 0.247 e. The summed E-state index contributed by atoms with van der Waals surface area (Å²) in [5.74, 6) is 1.28. The van der Waals surface area contributed by atoms with E-state index in [4.69, 9.17) is 4.42 Å². The second-order valence-electron chi connectivity index (χ2n) is 4.73. The van der Waals surface area contributed by atoms with E-state index in [-0.39, 0.29) is 0 Å². The van der Waals surface area contributed by atoms with Crippen LogP contribution in [0.4, 0.5) is 0 Å². The zero-order valence-corrected chi connectivity index (χ0v) is 11.1. The fourth-order valence-electron chi connectivity index (χ4n) is 1.72.